The van der Waals surface area contributed by atoms with Gasteiger partial charge in [-0.1, -0.05) is 12.1 Å². The molecular weight excluding hydrogens is 238 g/mol. The van der Waals surface area contributed by atoms with Crippen LogP contribution in [0.2, 0.25) is 0 Å². The third-order valence-corrected chi connectivity index (χ3v) is 2.74. The molecule has 3 nitrogen and oxygen atoms in total. The van der Waals surface area contributed by atoms with Gasteiger partial charge >= 0.3 is 0 Å². The van der Waals surface area contributed by atoms with E-state index in [0.717, 1.165) is 11.3 Å². The van der Waals surface area contributed by atoms with Gasteiger partial charge in [0.05, 0.1) is 13.7 Å². The van der Waals surface area contributed by atoms with Crippen LogP contribution >= 0.6 is 0 Å². The first kappa shape index (κ1) is 14.9. The Hall–Kier alpha value is -1.20. The van der Waals surface area contributed by atoms with Gasteiger partial charge < -0.3 is 15.0 Å². The van der Waals surface area contributed by atoms with Gasteiger partial charge in [0.25, 0.3) is 6.43 Å². The Balaban J connectivity index is 2.71. The standard InChI is InChI=1S/C13H20F2N2O/c1-17(2)12(8-16-9-13(14)15)10-5-4-6-11(7-10)18-3/h4-7,12-13,16H,8-9H2,1-3H3. The zero-order valence-electron chi connectivity index (χ0n) is 11.0. The molecular formula is C13H20F2N2O. The first-order chi connectivity index (χ1) is 8.54. The molecule has 0 spiro atoms. The van der Waals surface area contributed by atoms with E-state index in [0.29, 0.717) is 6.54 Å². The van der Waals surface area contributed by atoms with Gasteiger partial charge in [-0.25, -0.2) is 8.78 Å². The van der Waals surface area contributed by atoms with Crippen LogP contribution in [-0.4, -0.2) is 45.6 Å². The van der Waals surface area contributed by atoms with E-state index >= 15 is 0 Å². The van der Waals surface area contributed by atoms with Gasteiger partial charge in [-0.2, -0.15) is 0 Å². The van der Waals surface area contributed by atoms with Crippen LogP contribution in [-0.2, 0) is 0 Å². The Morgan fingerprint density at radius 2 is 2.00 bits per heavy atom. The predicted molar refractivity (Wildman–Crippen MR) is 68.3 cm³/mol. The maximum Gasteiger partial charge on any atom is 0.250 e. The molecule has 0 radical (unpaired) electrons. The van der Waals surface area contributed by atoms with Gasteiger partial charge in [-0.05, 0) is 31.8 Å². The van der Waals surface area contributed by atoms with Gasteiger partial charge in [0.15, 0.2) is 0 Å². The molecule has 0 amide bonds. The van der Waals surface area contributed by atoms with Crippen molar-refractivity contribution in [3.05, 3.63) is 29.8 Å². The number of ether oxygens (including phenoxy) is 1. The highest BCUT2D eigenvalue weighted by Crippen LogP contribution is 2.22. The van der Waals surface area contributed by atoms with Crippen LogP contribution in [0.25, 0.3) is 0 Å². The summed E-state index contributed by atoms with van der Waals surface area (Å²) in [5.41, 5.74) is 1.04. The Morgan fingerprint density at radius 1 is 1.28 bits per heavy atom. The molecule has 0 aliphatic heterocycles. The summed E-state index contributed by atoms with van der Waals surface area (Å²) in [6, 6.07) is 7.70. The van der Waals surface area contributed by atoms with E-state index in [1.165, 1.54) is 0 Å². The van der Waals surface area contributed by atoms with Crippen molar-refractivity contribution in [2.24, 2.45) is 0 Å². The number of benzene rings is 1. The third-order valence-electron chi connectivity index (χ3n) is 2.74. The largest absolute Gasteiger partial charge is 0.497 e. The molecule has 0 bridgehead atoms. The minimum absolute atomic E-state index is 0.0406. The molecule has 1 rings (SSSR count). The van der Waals surface area contributed by atoms with Gasteiger partial charge in [-0.3, -0.25) is 0 Å². The van der Waals surface area contributed by atoms with Crippen molar-refractivity contribution >= 4 is 0 Å². The molecule has 0 aliphatic carbocycles. The van der Waals surface area contributed by atoms with Crippen LogP contribution in [0.15, 0.2) is 24.3 Å². The molecule has 1 aromatic carbocycles. The Morgan fingerprint density at radius 3 is 2.56 bits per heavy atom. The highest BCUT2D eigenvalue weighted by atomic mass is 19.3. The summed E-state index contributed by atoms with van der Waals surface area (Å²) in [7, 11) is 5.46. The van der Waals surface area contributed by atoms with Crippen molar-refractivity contribution in [1.29, 1.82) is 0 Å². The van der Waals surface area contributed by atoms with Crippen molar-refractivity contribution < 1.29 is 13.5 Å². The molecule has 1 atom stereocenters. The highest BCUT2D eigenvalue weighted by Gasteiger charge is 2.15. The van der Waals surface area contributed by atoms with Crippen molar-refractivity contribution in [2.45, 2.75) is 12.5 Å². The molecule has 5 heteroatoms. The summed E-state index contributed by atoms with van der Waals surface area (Å²) in [4.78, 5) is 1.99. The van der Waals surface area contributed by atoms with Crippen molar-refractivity contribution in [2.75, 3.05) is 34.3 Å². The average Bonchev–Trinajstić information content (AvgIpc) is 2.34. The number of rotatable bonds is 7. The molecule has 0 fully saturated rings. The number of methoxy groups -OCH3 is 1. The summed E-state index contributed by atoms with van der Waals surface area (Å²) in [5, 5.41) is 2.77. The fourth-order valence-electron chi connectivity index (χ4n) is 1.78. The molecule has 0 saturated heterocycles. The molecule has 1 unspecified atom stereocenters. The number of nitrogens with zero attached hydrogens (tertiary/aromatic N) is 1. The molecule has 102 valence electrons. The first-order valence-electron chi connectivity index (χ1n) is 5.84. The quantitative estimate of drug-likeness (QED) is 0.811. The predicted octanol–water partition coefficient (Wildman–Crippen LogP) is 2.15. The number of halogens is 2. The van der Waals surface area contributed by atoms with Gasteiger partial charge in [0.1, 0.15) is 5.75 Å². The van der Waals surface area contributed by atoms with Crippen molar-refractivity contribution in [1.82, 2.24) is 10.2 Å². The fourth-order valence-corrected chi connectivity index (χ4v) is 1.78. The lowest BCUT2D eigenvalue weighted by Gasteiger charge is -2.25. The smallest absolute Gasteiger partial charge is 0.250 e. The van der Waals surface area contributed by atoms with Crippen molar-refractivity contribution in [3.63, 3.8) is 0 Å². The van der Waals surface area contributed by atoms with Crippen LogP contribution in [0, 0.1) is 0 Å². The molecule has 0 aromatic heterocycles. The second kappa shape index (κ2) is 7.28. The number of likely N-dealkylation sites (N-methyl/N-ethyl adjacent to an activating group) is 1. The lowest BCUT2D eigenvalue weighted by Crippen LogP contribution is -2.33. The number of nitrogens with one attached hydrogen (secondary N) is 1. The molecule has 1 N–H and O–H groups in total. The van der Waals surface area contributed by atoms with Crippen LogP contribution in [0.1, 0.15) is 11.6 Å². The summed E-state index contributed by atoms with van der Waals surface area (Å²) >= 11 is 0. The van der Waals surface area contributed by atoms with Gasteiger partial charge in [0.2, 0.25) is 0 Å². The third kappa shape index (κ3) is 4.58. The summed E-state index contributed by atoms with van der Waals surface area (Å²) in [5.74, 6) is 0.771. The van der Waals surface area contributed by atoms with E-state index < -0.39 is 6.43 Å². The second-order valence-electron chi connectivity index (χ2n) is 4.31. The molecule has 0 aliphatic rings. The minimum atomic E-state index is -2.32. The normalized spacial score (nSPS) is 13.1. The van der Waals surface area contributed by atoms with Crippen LogP contribution in [0.4, 0.5) is 8.78 Å². The van der Waals surface area contributed by atoms with Crippen LogP contribution in [0.3, 0.4) is 0 Å². The van der Waals surface area contributed by atoms with E-state index in [9.17, 15) is 8.78 Å². The van der Waals surface area contributed by atoms with E-state index in [-0.39, 0.29) is 12.6 Å². The van der Waals surface area contributed by atoms with Crippen LogP contribution < -0.4 is 10.1 Å². The number of hydrogen-bond acceptors (Lipinski definition) is 3. The monoisotopic (exact) mass is 258 g/mol. The van der Waals surface area contributed by atoms with Crippen molar-refractivity contribution in [3.8, 4) is 5.75 Å². The van der Waals surface area contributed by atoms with E-state index in [1.807, 2.05) is 43.3 Å². The zero-order chi connectivity index (χ0) is 13.5. The van der Waals surface area contributed by atoms with Gasteiger partial charge in [-0.15, -0.1) is 0 Å². The summed E-state index contributed by atoms with van der Waals surface area (Å²) in [6.45, 7) is 0.193. The Bertz CT molecular complexity index is 359. The maximum absolute atomic E-state index is 12.1. The zero-order valence-corrected chi connectivity index (χ0v) is 11.0. The SMILES string of the molecule is COc1cccc(C(CNCC(F)F)N(C)C)c1. The Kier molecular flexibility index (Phi) is 6.01. The number of alkyl halides is 2. The molecule has 0 heterocycles. The lowest BCUT2D eigenvalue weighted by molar-refractivity contribution is 0.141. The fraction of sp³-hybridized carbons (Fsp3) is 0.538. The molecule has 1 aromatic rings. The Labute approximate surface area is 107 Å². The van der Waals surface area contributed by atoms with E-state index in [4.69, 9.17) is 4.74 Å². The first-order valence-corrected chi connectivity index (χ1v) is 5.84. The maximum atomic E-state index is 12.1. The number of hydrogen-bond donors (Lipinski definition) is 1. The van der Waals surface area contributed by atoms with E-state index in [1.54, 1.807) is 7.11 Å². The summed E-state index contributed by atoms with van der Waals surface area (Å²) in [6.07, 6.45) is -2.32. The highest BCUT2D eigenvalue weighted by molar-refractivity contribution is 5.30. The minimum Gasteiger partial charge on any atom is -0.497 e. The van der Waals surface area contributed by atoms with Gasteiger partial charge in [0, 0.05) is 12.6 Å². The van der Waals surface area contributed by atoms with Crippen LogP contribution in [0.5, 0.6) is 5.75 Å². The van der Waals surface area contributed by atoms with E-state index in [2.05, 4.69) is 5.32 Å². The molecule has 0 saturated carbocycles. The lowest BCUT2D eigenvalue weighted by atomic mass is 10.1. The second-order valence-corrected chi connectivity index (χ2v) is 4.31. The average molecular weight is 258 g/mol. The topological polar surface area (TPSA) is 24.5 Å². The molecule has 18 heavy (non-hydrogen) atoms. The summed E-state index contributed by atoms with van der Waals surface area (Å²) < 4.78 is 29.4.